The average molecular weight is 493 g/mol. The first kappa shape index (κ1) is 24.8. The summed E-state index contributed by atoms with van der Waals surface area (Å²) in [6.07, 6.45) is 2.39. The van der Waals surface area contributed by atoms with E-state index in [1.54, 1.807) is 7.11 Å². The summed E-state index contributed by atoms with van der Waals surface area (Å²) in [5.74, 6) is 0. The smallest absolute Gasteiger partial charge is 0.0991 e. The molecule has 0 saturated carbocycles. The highest BCUT2D eigenvalue weighted by atomic mass is 16.5. The molecular formula is C31H32N4O2. The lowest BCUT2D eigenvalue weighted by molar-refractivity contribution is -0.00521. The van der Waals surface area contributed by atoms with Crippen LogP contribution in [0.4, 0.5) is 11.4 Å². The molecule has 0 unspecified atom stereocenters. The Bertz CT molecular complexity index is 1400. The van der Waals surface area contributed by atoms with E-state index >= 15 is 0 Å². The fraction of sp³-hybridized carbons (Fsp3) is 0.290. The highest BCUT2D eigenvalue weighted by Crippen LogP contribution is 2.38. The summed E-state index contributed by atoms with van der Waals surface area (Å²) in [6.45, 7) is 7.33. The van der Waals surface area contributed by atoms with Gasteiger partial charge in [-0.3, -0.25) is 4.98 Å². The molecule has 3 aromatic carbocycles. The Labute approximate surface area is 218 Å². The third-order valence-electron chi connectivity index (χ3n) is 6.79. The third-order valence-corrected chi connectivity index (χ3v) is 6.79. The number of ether oxygens (including phenoxy) is 2. The van der Waals surface area contributed by atoms with Gasteiger partial charge in [-0.15, -0.1) is 0 Å². The number of nitriles is 1. The highest BCUT2D eigenvalue weighted by molar-refractivity contribution is 6.05. The number of methoxy groups -OCH3 is 1. The van der Waals surface area contributed by atoms with Crippen molar-refractivity contribution in [1.29, 1.82) is 5.26 Å². The Balaban J connectivity index is 1.54. The van der Waals surface area contributed by atoms with Gasteiger partial charge in [-0.25, -0.2) is 0 Å². The lowest BCUT2D eigenvalue weighted by Crippen LogP contribution is -2.45. The molecule has 0 aliphatic carbocycles. The summed E-state index contributed by atoms with van der Waals surface area (Å²) < 4.78 is 11.2. The molecule has 2 atom stereocenters. The van der Waals surface area contributed by atoms with Gasteiger partial charge in [0.2, 0.25) is 0 Å². The van der Waals surface area contributed by atoms with Crippen LogP contribution in [0.25, 0.3) is 33.2 Å². The fourth-order valence-electron chi connectivity index (χ4n) is 5.11. The predicted octanol–water partition coefficient (Wildman–Crippen LogP) is 6.11. The molecule has 1 aromatic heterocycles. The maximum atomic E-state index is 9.17. The molecule has 2 heterocycles. The molecule has 0 bridgehead atoms. The second-order valence-corrected chi connectivity index (χ2v) is 9.57. The molecule has 6 heteroatoms. The van der Waals surface area contributed by atoms with Crippen LogP contribution < -0.4 is 10.2 Å². The zero-order valence-electron chi connectivity index (χ0n) is 21.6. The Hall–Kier alpha value is -3.92. The number of nitrogens with one attached hydrogen (secondary N) is 1. The van der Waals surface area contributed by atoms with E-state index in [4.69, 9.17) is 14.5 Å². The zero-order chi connectivity index (χ0) is 25.8. The Morgan fingerprint density at radius 1 is 0.973 bits per heavy atom. The van der Waals surface area contributed by atoms with Gasteiger partial charge >= 0.3 is 0 Å². The molecule has 6 nitrogen and oxygen atoms in total. The maximum Gasteiger partial charge on any atom is 0.0991 e. The number of pyridine rings is 1. The lowest BCUT2D eigenvalue weighted by Gasteiger charge is -2.37. The van der Waals surface area contributed by atoms with Crippen LogP contribution in [0.2, 0.25) is 0 Å². The van der Waals surface area contributed by atoms with Crippen molar-refractivity contribution in [3.63, 3.8) is 0 Å². The standard InChI is InChI=1S/C31H32N4O2/c1-21-19-35(20-22(2)37-21)26-13-11-25(12-14-26)29-18-34-30-27(24-9-7-23(17-32)8-10-24)5-4-6-28(30)31(29)33-15-16-36-3/h4-14,18,21-22H,15-16,19-20H2,1-3H3,(H,33,34)/t21-,22+. The molecule has 0 amide bonds. The van der Waals surface area contributed by atoms with Crippen LogP contribution in [0.3, 0.4) is 0 Å². The molecule has 5 rings (SSSR count). The van der Waals surface area contributed by atoms with Gasteiger partial charge in [-0.1, -0.05) is 42.5 Å². The van der Waals surface area contributed by atoms with Gasteiger partial charge in [0.15, 0.2) is 0 Å². The van der Waals surface area contributed by atoms with Gasteiger partial charge < -0.3 is 19.7 Å². The first-order valence-corrected chi connectivity index (χ1v) is 12.7. The second kappa shape index (κ2) is 11.0. The van der Waals surface area contributed by atoms with Crippen molar-refractivity contribution >= 4 is 22.3 Å². The summed E-state index contributed by atoms with van der Waals surface area (Å²) >= 11 is 0. The minimum Gasteiger partial charge on any atom is -0.383 e. The van der Waals surface area contributed by atoms with E-state index in [9.17, 15) is 5.26 Å². The lowest BCUT2D eigenvalue weighted by atomic mass is 9.97. The highest BCUT2D eigenvalue weighted by Gasteiger charge is 2.22. The Kier molecular flexibility index (Phi) is 7.36. The molecule has 1 fully saturated rings. The number of nitrogens with zero attached hydrogens (tertiary/aromatic N) is 3. The molecule has 37 heavy (non-hydrogen) atoms. The van der Waals surface area contributed by atoms with E-state index in [1.807, 2.05) is 30.5 Å². The van der Waals surface area contributed by atoms with Gasteiger partial charge in [0.25, 0.3) is 0 Å². The summed E-state index contributed by atoms with van der Waals surface area (Å²) in [7, 11) is 1.71. The van der Waals surface area contributed by atoms with Crippen LogP contribution in [-0.2, 0) is 9.47 Å². The molecule has 4 aromatic rings. The van der Waals surface area contributed by atoms with Crippen LogP contribution >= 0.6 is 0 Å². The van der Waals surface area contributed by atoms with E-state index in [0.29, 0.717) is 18.7 Å². The van der Waals surface area contributed by atoms with Crippen molar-refractivity contribution in [3.05, 3.63) is 78.5 Å². The fourth-order valence-corrected chi connectivity index (χ4v) is 5.11. The molecule has 1 aliphatic rings. The quantitative estimate of drug-likeness (QED) is 0.314. The Morgan fingerprint density at radius 2 is 1.65 bits per heavy atom. The molecule has 1 aliphatic heterocycles. The largest absolute Gasteiger partial charge is 0.383 e. The van der Waals surface area contributed by atoms with Crippen LogP contribution in [0.5, 0.6) is 0 Å². The van der Waals surface area contributed by atoms with Crippen LogP contribution in [0.1, 0.15) is 19.4 Å². The second-order valence-electron chi connectivity index (χ2n) is 9.57. The van der Waals surface area contributed by atoms with Crippen molar-refractivity contribution in [2.75, 3.05) is 43.6 Å². The van der Waals surface area contributed by atoms with E-state index in [1.165, 1.54) is 5.69 Å². The average Bonchev–Trinajstić information content (AvgIpc) is 2.92. The van der Waals surface area contributed by atoms with Gasteiger partial charge in [-0.2, -0.15) is 5.26 Å². The number of para-hydroxylation sites is 1. The van der Waals surface area contributed by atoms with E-state index in [2.05, 4.69) is 72.6 Å². The molecule has 0 spiro atoms. The number of benzene rings is 3. The summed E-state index contributed by atoms with van der Waals surface area (Å²) in [5.41, 5.74) is 8.04. The number of fused-ring (bicyclic) bond motifs is 1. The van der Waals surface area contributed by atoms with Crippen LogP contribution in [-0.4, -0.2) is 50.5 Å². The van der Waals surface area contributed by atoms with Crippen molar-refractivity contribution in [3.8, 4) is 28.3 Å². The number of morpholine rings is 1. The number of anilines is 2. The van der Waals surface area contributed by atoms with Crippen molar-refractivity contribution in [2.45, 2.75) is 26.1 Å². The topological polar surface area (TPSA) is 70.4 Å². The Morgan fingerprint density at radius 3 is 2.32 bits per heavy atom. The molecule has 1 N–H and O–H groups in total. The van der Waals surface area contributed by atoms with Crippen molar-refractivity contribution in [1.82, 2.24) is 4.98 Å². The summed E-state index contributed by atoms with van der Waals surface area (Å²) in [4.78, 5) is 7.33. The van der Waals surface area contributed by atoms with Gasteiger partial charge in [0, 0.05) is 55.1 Å². The minimum absolute atomic E-state index is 0.218. The molecule has 1 saturated heterocycles. The SMILES string of the molecule is COCCNc1c(-c2ccc(N3C[C@@H](C)O[C@@H](C)C3)cc2)cnc2c(-c3ccc(C#N)cc3)cccc12. The van der Waals surface area contributed by atoms with E-state index in [-0.39, 0.29) is 12.2 Å². The van der Waals surface area contributed by atoms with Crippen molar-refractivity contribution < 1.29 is 9.47 Å². The number of aromatic nitrogens is 1. The van der Waals surface area contributed by atoms with Crippen molar-refractivity contribution in [2.24, 2.45) is 0 Å². The number of rotatable bonds is 7. The van der Waals surface area contributed by atoms with E-state index < -0.39 is 0 Å². The number of hydrogen-bond acceptors (Lipinski definition) is 6. The summed E-state index contributed by atoms with van der Waals surface area (Å²) in [6, 6.07) is 24.8. The van der Waals surface area contributed by atoms with Crippen LogP contribution in [0.15, 0.2) is 72.9 Å². The van der Waals surface area contributed by atoms with Gasteiger partial charge in [-0.05, 0) is 49.2 Å². The monoisotopic (exact) mass is 492 g/mol. The molecular weight excluding hydrogens is 460 g/mol. The maximum absolute atomic E-state index is 9.17. The molecule has 188 valence electrons. The van der Waals surface area contributed by atoms with Gasteiger partial charge in [0.1, 0.15) is 0 Å². The first-order chi connectivity index (χ1) is 18.1. The normalized spacial score (nSPS) is 17.5. The van der Waals surface area contributed by atoms with Gasteiger partial charge in [0.05, 0.1) is 41.7 Å². The minimum atomic E-state index is 0.218. The number of hydrogen-bond donors (Lipinski definition) is 1. The zero-order valence-corrected chi connectivity index (χ0v) is 21.6. The molecule has 0 radical (unpaired) electrons. The van der Waals surface area contributed by atoms with E-state index in [0.717, 1.165) is 51.9 Å². The first-order valence-electron chi connectivity index (χ1n) is 12.7. The summed E-state index contributed by atoms with van der Waals surface area (Å²) in [5, 5.41) is 13.8. The predicted molar refractivity (Wildman–Crippen MR) is 150 cm³/mol. The third kappa shape index (κ3) is 5.29. The van der Waals surface area contributed by atoms with Crippen LogP contribution in [0, 0.1) is 11.3 Å².